The molecule has 0 amide bonds. The molecule has 1 atom stereocenters. The van der Waals surface area contributed by atoms with Crippen molar-refractivity contribution < 1.29 is 14.6 Å². The van der Waals surface area contributed by atoms with Crippen LogP contribution < -0.4 is 5.43 Å². The number of hydrazine groups is 1. The van der Waals surface area contributed by atoms with E-state index in [9.17, 15) is 9.90 Å². The quantitative estimate of drug-likeness (QED) is 0.636. The summed E-state index contributed by atoms with van der Waals surface area (Å²) in [5.74, 6) is -0.484. The van der Waals surface area contributed by atoms with E-state index in [1.807, 2.05) is 65.0 Å². The van der Waals surface area contributed by atoms with Crippen LogP contribution in [0.4, 0.5) is 0 Å². The van der Waals surface area contributed by atoms with E-state index in [0.29, 0.717) is 11.4 Å². The van der Waals surface area contributed by atoms with Crippen molar-refractivity contribution in [1.29, 1.82) is 0 Å². The van der Waals surface area contributed by atoms with Gasteiger partial charge >= 0.3 is 5.97 Å². The Hall–Kier alpha value is -1.83. The topological polar surface area (TPSA) is 74.2 Å². The monoisotopic (exact) mass is 467 g/mol. The Morgan fingerprint density at radius 2 is 2.07 bits per heavy atom. The lowest BCUT2D eigenvalue weighted by molar-refractivity contribution is -0.156. The Bertz CT molecular complexity index is 916. The van der Waals surface area contributed by atoms with Gasteiger partial charge in [-0.15, -0.1) is 0 Å². The smallest absolute Gasteiger partial charge is 0.337 e. The van der Waals surface area contributed by atoms with Crippen molar-refractivity contribution in [2.45, 2.75) is 51.9 Å². The van der Waals surface area contributed by atoms with Crippen LogP contribution in [-0.4, -0.2) is 39.2 Å². The summed E-state index contributed by atoms with van der Waals surface area (Å²) < 4.78 is 6.78. The van der Waals surface area contributed by atoms with Crippen molar-refractivity contribution in [3.63, 3.8) is 0 Å². The highest BCUT2D eigenvalue weighted by molar-refractivity contribution is 9.10. The Balaban J connectivity index is 2.02. The van der Waals surface area contributed by atoms with Crippen molar-refractivity contribution in [3.05, 3.63) is 51.1 Å². The third kappa shape index (κ3) is 4.11. The summed E-state index contributed by atoms with van der Waals surface area (Å²) in [6, 6.07) is 7.82. The van der Waals surface area contributed by atoms with Gasteiger partial charge in [-0.1, -0.05) is 39.7 Å². The Morgan fingerprint density at radius 3 is 2.64 bits per heavy atom. The van der Waals surface area contributed by atoms with E-state index in [-0.39, 0.29) is 5.16 Å². The SMILES string of the molecule is CC(C)(C)OC(C(=O)O)C1=C(Cl)N2NC(c3cccc(Br)c3)=CC2=NC1(C)C. The van der Waals surface area contributed by atoms with Gasteiger partial charge in [0.15, 0.2) is 11.9 Å². The lowest BCUT2D eigenvalue weighted by Gasteiger charge is -2.38. The molecule has 3 rings (SSSR count). The van der Waals surface area contributed by atoms with Crippen LogP contribution in [0.1, 0.15) is 40.2 Å². The maximum absolute atomic E-state index is 12.0. The molecule has 0 bridgehead atoms. The second-order valence-electron chi connectivity index (χ2n) is 8.20. The zero-order valence-corrected chi connectivity index (χ0v) is 18.7. The molecule has 2 heterocycles. The Labute approximate surface area is 178 Å². The summed E-state index contributed by atoms with van der Waals surface area (Å²) in [6.07, 6.45) is 0.674. The van der Waals surface area contributed by atoms with Gasteiger partial charge in [0.05, 0.1) is 16.8 Å². The minimum atomic E-state index is -1.22. The number of carboxylic acid groups (broad SMARTS) is 1. The number of carboxylic acids is 1. The van der Waals surface area contributed by atoms with Gasteiger partial charge in [-0.2, -0.15) is 0 Å². The van der Waals surface area contributed by atoms with Gasteiger partial charge in [0, 0.05) is 21.7 Å². The van der Waals surface area contributed by atoms with Crippen LogP contribution in [0.3, 0.4) is 0 Å². The third-order valence-electron chi connectivity index (χ3n) is 4.30. The molecule has 0 aliphatic carbocycles. The average Bonchev–Trinajstić information content (AvgIpc) is 2.95. The van der Waals surface area contributed by atoms with Gasteiger partial charge in [0.2, 0.25) is 0 Å². The Kier molecular flexibility index (Phi) is 5.38. The van der Waals surface area contributed by atoms with E-state index in [4.69, 9.17) is 21.3 Å². The van der Waals surface area contributed by atoms with E-state index in [2.05, 4.69) is 21.4 Å². The second kappa shape index (κ2) is 7.21. The first kappa shape index (κ1) is 20.9. The maximum atomic E-state index is 12.0. The third-order valence-corrected chi connectivity index (χ3v) is 5.17. The number of amidine groups is 1. The number of nitrogens with zero attached hydrogens (tertiary/aromatic N) is 2. The van der Waals surface area contributed by atoms with Crippen LogP contribution >= 0.6 is 27.5 Å². The van der Waals surface area contributed by atoms with Crippen LogP contribution in [0.25, 0.3) is 5.70 Å². The first-order valence-electron chi connectivity index (χ1n) is 8.84. The molecule has 28 heavy (non-hydrogen) atoms. The van der Waals surface area contributed by atoms with E-state index in [1.54, 1.807) is 5.01 Å². The molecular weight excluding hydrogens is 446 g/mol. The number of hydrogen-bond acceptors (Lipinski definition) is 5. The number of aliphatic carboxylic acids is 1. The first-order valence-corrected chi connectivity index (χ1v) is 10.0. The lowest BCUT2D eigenvalue weighted by Crippen LogP contribution is -2.48. The van der Waals surface area contributed by atoms with E-state index < -0.39 is 23.2 Å². The summed E-state index contributed by atoms with van der Waals surface area (Å²) in [6.45, 7) is 9.10. The number of halogens is 2. The zero-order valence-electron chi connectivity index (χ0n) is 16.4. The minimum Gasteiger partial charge on any atom is -0.479 e. The predicted molar refractivity (Wildman–Crippen MR) is 114 cm³/mol. The zero-order chi connectivity index (χ0) is 20.9. The standard InChI is InChI=1S/C20H23BrClN3O3/c1-19(2,3)28-16(18(26)27)15-17(22)25-14(23-20(15,4)5)10-13(24-25)11-7-6-8-12(21)9-11/h6-10,16,24H,1-5H3,(H,26,27). The molecule has 0 saturated carbocycles. The summed E-state index contributed by atoms with van der Waals surface area (Å²) >= 11 is 10.2. The van der Waals surface area contributed by atoms with E-state index in [0.717, 1.165) is 15.7 Å². The molecule has 6 nitrogen and oxygen atoms in total. The molecule has 0 aromatic heterocycles. The van der Waals surface area contributed by atoms with Crippen molar-refractivity contribution in [3.8, 4) is 0 Å². The molecule has 150 valence electrons. The van der Waals surface area contributed by atoms with Crippen LogP contribution in [-0.2, 0) is 9.53 Å². The van der Waals surface area contributed by atoms with Gasteiger partial charge in [0.25, 0.3) is 0 Å². The van der Waals surface area contributed by atoms with Crippen LogP contribution in [0.15, 0.2) is 50.5 Å². The molecule has 2 aliphatic rings. The number of carbonyl (C=O) groups is 1. The molecule has 0 radical (unpaired) electrons. The fourth-order valence-electron chi connectivity index (χ4n) is 3.17. The molecule has 1 unspecified atom stereocenters. The van der Waals surface area contributed by atoms with Gasteiger partial charge in [-0.3, -0.25) is 10.4 Å². The summed E-state index contributed by atoms with van der Waals surface area (Å²) in [4.78, 5) is 16.7. The minimum absolute atomic E-state index is 0.257. The molecule has 0 spiro atoms. The highest BCUT2D eigenvalue weighted by Crippen LogP contribution is 2.39. The van der Waals surface area contributed by atoms with Crippen molar-refractivity contribution in [2.75, 3.05) is 0 Å². The van der Waals surface area contributed by atoms with Gasteiger partial charge in [-0.05, 0) is 46.8 Å². The molecule has 2 aliphatic heterocycles. The van der Waals surface area contributed by atoms with Gasteiger partial charge < -0.3 is 9.84 Å². The molecule has 8 heteroatoms. The second-order valence-corrected chi connectivity index (χ2v) is 9.47. The summed E-state index contributed by atoms with van der Waals surface area (Å²) in [7, 11) is 0. The van der Waals surface area contributed by atoms with Crippen molar-refractivity contribution in [2.24, 2.45) is 4.99 Å². The van der Waals surface area contributed by atoms with Crippen LogP contribution in [0.5, 0.6) is 0 Å². The highest BCUT2D eigenvalue weighted by Gasteiger charge is 2.44. The number of ether oxygens (including phenoxy) is 1. The lowest BCUT2D eigenvalue weighted by atomic mass is 9.89. The largest absolute Gasteiger partial charge is 0.479 e. The molecular formula is C20H23BrClN3O3. The predicted octanol–water partition coefficient (Wildman–Crippen LogP) is 4.52. The average molecular weight is 469 g/mol. The fraction of sp³-hybridized carbons (Fsp3) is 0.400. The molecule has 1 aromatic carbocycles. The Morgan fingerprint density at radius 1 is 1.39 bits per heavy atom. The number of hydrogen-bond donors (Lipinski definition) is 2. The fourth-order valence-corrected chi connectivity index (χ4v) is 4.03. The van der Waals surface area contributed by atoms with Crippen LogP contribution in [0.2, 0.25) is 0 Å². The molecule has 0 saturated heterocycles. The highest BCUT2D eigenvalue weighted by atomic mass is 79.9. The first-order chi connectivity index (χ1) is 12.9. The number of benzene rings is 1. The van der Waals surface area contributed by atoms with E-state index >= 15 is 0 Å². The number of rotatable bonds is 4. The molecule has 0 fully saturated rings. The van der Waals surface area contributed by atoms with Gasteiger partial charge in [-0.25, -0.2) is 9.80 Å². The summed E-state index contributed by atoms with van der Waals surface area (Å²) in [5, 5.41) is 11.7. The van der Waals surface area contributed by atoms with Crippen molar-refractivity contribution in [1.82, 2.24) is 10.4 Å². The maximum Gasteiger partial charge on any atom is 0.337 e. The molecule has 1 aromatic rings. The van der Waals surface area contributed by atoms with E-state index in [1.165, 1.54) is 0 Å². The number of fused-ring (bicyclic) bond motifs is 1. The summed E-state index contributed by atoms with van der Waals surface area (Å²) in [5.41, 5.74) is 3.88. The number of aliphatic imine (C=N–C) groups is 1. The van der Waals surface area contributed by atoms with Gasteiger partial charge in [0.1, 0.15) is 5.16 Å². The number of nitrogens with one attached hydrogen (secondary N) is 1. The van der Waals surface area contributed by atoms with Crippen LogP contribution in [0, 0.1) is 0 Å². The molecule has 2 N–H and O–H groups in total. The van der Waals surface area contributed by atoms with Crippen molar-refractivity contribution >= 4 is 45.0 Å². The normalized spacial score (nSPS) is 19.6.